The number of hydrogen-bond donors (Lipinski definition) is 2. The molecular weight excluding hydrogens is 362 g/mol. The largest absolute Gasteiger partial charge is 0.448 e. The predicted octanol–water partition coefficient (Wildman–Crippen LogP) is 3.74. The van der Waals surface area contributed by atoms with E-state index in [1.165, 1.54) is 17.8 Å². The van der Waals surface area contributed by atoms with E-state index in [-0.39, 0.29) is 11.9 Å². The number of amides is 1. The average molecular weight is 390 g/mol. The van der Waals surface area contributed by atoms with E-state index in [1.807, 2.05) is 19.9 Å². The maximum absolute atomic E-state index is 12.6. The van der Waals surface area contributed by atoms with Crippen LogP contribution in [0.5, 0.6) is 0 Å². The fourth-order valence-corrected chi connectivity index (χ4v) is 4.82. The van der Waals surface area contributed by atoms with Crippen molar-refractivity contribution in [1.82, 2.24) is 10.3 Å². The molecule has 1 amide bonds. The lowest BCUT2D eigenvalue weighted by Gasteiger charge is -2.30. The highest BCUT2D eigenvalue weighted by atomic mass is 32.1. The number of carbonyl (C=O) groups is 2. The molecule has 1 aliphatic carbocycles. The number of ether oxygens (including phenoxy) is 1. The fraction of sp³-hybridized carbons (Fsp3) is 0.550. The van der Waals surface area contributed by atoms with E-state index in [0.717, 1.165) is 35.9 Å². The Balaban J connectivity index is 1.71. The Kier molecular flexibility index (Phi) is 5.69. The quantitative estimate of drug-likeness (QED) is 0.777. The molecule has 0 saturated heterocycles. The van der Waals surface area contributed by atoms with Crippen molar-refractivity contribution in [1.29, 1.82) is 0 Å². The first-order chi connectivity index (χ1) is 12.8. The molecule has 3 unspecified atom stereocenters. The summed E-state index contributed by atoms with van der Waals surface area (Å²) >= 11 is 1.21. The minimum absolute atomic E-state index is 0.150. The van der Waals surface area contributed by atoms with Crippen LogP contribution < -0.4 is 11.1 Å². The van der Waals surface area contributed by atoms with Crippen LogP contribution in [0.25, 0.3) is 10.2 Å². The van der Waals surface area contributed by atoms with Crippen molar-refractivity contribution in [2.75, 3.05) is 5.73 Å². The predicted molar refractivity (Wildman–Crippen MR) is 108 cm³/mol. The summed E-state index contributed by atoms with van der Waals surface area (Å²) in [5, 5.41) is 3.81. The number of aromatic nitrogens is 1. The van der Waals surface area contributed by atoms with E-state index >= 15 is 0 Å². The number of nitrogen functional groups attached to an aromatic ring is 1. The van der Waals surface area contributed by atoms with Crippen LogP contribution >= 0.6 is 11.3 Å². The van der Waals surface area contributed by atoms with Crippen molar-refractivity contribution in [3.05, 3.63) is 22.2 Å². The Bertz CT molecular complexity index is 877. The van der Waals surface area contributed by atoms with Gasteiger partial charge in [-0.3, -0.25) is 4.79 Å². The van der Waals surface area contributed by atoms with Gasteiger partial charge in [0.15, 0.2) is 6.10 Å². The number of pyridine rings is 1. The topological polar surface area (TPSA) is 94.3 Å². The van der Waals surface area contributed by atoms with Gasteiger partial charge in [0, 0.05) is 17.1 Å². The van der Waals surface area contributed by atoms with Gasteiger partial charge in [-0.15, -0.1) is 11.3 Å². The maximum atomic E-state index is 12.6. The van der Waals surface area contributed by atoms with E-state index in [1.54, 1.807) is 6.92 Å². The summed E-state index contributed by atoms with van der Waals surface area (Å²) in [6.07, 6.45) is 3.54. The lowest BCUT2D eigenvalue weighted by atomic mass is 9.86. The van der Waals surface area contributed by atoms with Crippen LogP contribution in [0.3, 0.4) is 0 Å². The van der Waals surface area contributed by atoms with Gasteiger partial charge in [0.05, 0.1) is 5.69 Å². The third-order valence-corrected chi connectivity index (χ3v) is 6.38. The summed E-state index contributed by atoms with van der Waals surface area (Å²) in [6.45, 7) is 7.59. The van der Waals surface area contributed by atoms with Crippen LogP contribution in [-0.2, 0) is 9.53 Å². The van der Waals surface area contributed by atoms with E-state index in [2.05, 4.69) is 17.2 Å². The van der Waals surface area contributed by atoms with Gasteiger partial charge in [-0.1, -0.05) is 19.8 Å². The van der Waals surface area contributed by atoms with Gasteiger partial charge in [0.25, 0.3) is 5.91 Å². The number of aryl methyl sites for hydroxylation is 2. The van der Waals surface area contributed by atoms with E-state index in [9.17, 15) is 9.59 Å². The number of thiophene rings is 1. The molecule has 2 aromatic rings. The molecule has 146 valence electrons. The summed E-state index contributed by atoms with van der Waals surface area (Å²) in [4.78, 5) is 30.5. The summed E-state index contributed by atoms with van der Waals surface area (Å²) in [5.41, 5.74) is 8.40. The van der Waals surface area contributed by atoms with Gasteiger partial charge in [-0.2, -0.15) is 0 Å². The molecular formula is C20H27N3O3S. The molecule has 0 radical (unpaired) electrons. The van der Waals surface area contributed by atoms with Crippen molar-refractivity contribution in [2.45, 2.75) is 65.5 Å². The van der Waals surface area contributed by atoms with Crippen molar-refractivity contribution in [2.24, 2.45) is 5.92 Å². The van der Waals surface area contributed by atoms with Crippen LogP contribution in [0, 0.1) is 19.8 Å². The summed E-state index contributed by atoms with van der Waals surface area (Å²) < 4.78 is 5.41. The molecule has 1 saturated carbocycles. The van der Waals surface area contributed by atoms with Crippen molar-refractivity contribution in [3.8, 4) is 0 Å². The zero-order valence-electron chi connectivity index (χ0n) is 16.3. The summed E-state index contributed by atoms with van der Waals surface area (Å²) in [7, 11) is 0. The number of esters is 1. The molecule has 3 atom stereocenters. The highest BCUT2D eigenvalue weighted by Gasteiger charge is 2.28. The first-order valence-corrected chi connectivity index (χ1v) is 10.3. The smallest absolute Gasteiger partial charge is 0.351 e. The van der Waals surface area contributed by atoms with Crippen molar-refractivity contribution in [3.63, 3.8) is 0 Å². The number of hydrogen-bond acceptors (Lipinski definition) is 6. The minimum atomic E-state index is -0.868. The highest BCUT2D eigenvalue weighted by Crippen LogP contribution is 2.35. The molecule has 2 heterocycles. The molecule has 2 aromatic heterocycles. The molecule has 6 nitrogen and oxygen atoms in total. The zero-order valence-corrected chi connectivity index (χ0v) is 17.1. The Morgan fingerprint density at radius 1 is 1.33 bits per heavy atom. The molecule has 0 bridgehead atoms. The van der Waals surface area contributed by atoms with Crippen molar-refractivity contribution >= 4 is 39.1 Å². The molecule has 0 aliphatic heterocycles. The molecule has 7 heteroatoms. The van der Waals surface area contributed by atoms with Gasteiger partial charge in [0.1, 0.15) is 9.71 Å². The maximum Gasteiger partial charge on any atom is 0.351 e. The second-order valence-corrected chi connectivity index (χ2v) is 8.53. The Hall–Kier alpha value is -2.15. The van der Waals surface area contributed by atoms with E-state index < -0.39 is 12.1 Å². The molecule has 0 spiro atoms. The van der Waals surface area contributed by atoms with Crippen LogP contribution in [0.1, 0.15) is 60.5 Å². The molecule has 1 aliphatic rings. The van der Waals surface area contributed by atoms with Gasteiger partial charge in [-0.05, 0) is 51.2 Å². The van der Waals surface area contributed by atoms with Gasteiger partial charge >= 0.3 is 5.97 Å². The standard InChI is InChI=1S/C20H27N3O3S/c1-10-7-5-6-8-14(10)23-18(24)13(4)26-20(25)17-16(21)15-11(2)9-12(3)22-19(15)27-17/h9-10,13-14H,5-8,21H2,1-4H3,(H,23,24). The molecule has 3 N–H and O–H groups in total. The highest BCUT2D eigenvalue weighted by molar-refractivity contribution is 7.21. The van der Waals surface area contributed by atoms with Crippen molar-refractivity contribution < 1.29 is 14.3 Å². The number of nitrogens with one attached hydrogen (secondary N) is 1. The summed E-state index contributed by atoms with van der Waals surface area (Å²) in [5.74, 6) is -0.389. The normalized spacial score (nSPS) is 21.0. The number of rotatable bonds is 4. The average Bonchev–Trinajstić information content (AvgIpc) is 2.93. The van der Waals surface area contributed by atoms with Crippen LogP contribution in [0.4, 0.5) is 5.69 Å². The number of nitrogens with zero attached hydrogens (tertiary/aromatic N) is 1. The Morgan fingerprint density at radius 2 is 2.04 bits per heavy atom. The SMILES string of the molecule is Cc1cc(C)c2c(N)c(C(=O)OC(C)C(=O)NC3CCCCC3C)sc2n1. The van der Waals surface area contributed by atoms with E-state index in [4.69, 9.17) is 10.5 Å². The van der Waals surface area contributed by atoms with Crippen LogP contribution in [0.2, 0.25) is 0 Å². The second-order valence-electron chi connectivity index (χ2n) is 7.53. The molecule has 1 fully saturated rings. The Labute approximate surface area is 163 Å². The molecule has 3 rings (SSSR count). The van der Waals surface area contributed by atoms with Crippen LogP contribution in [-0.4, -0.2) is 29.0 Å². The number of nitrogens with two attached hydrogens (primary N) is 1. The van der Waals surface area contributed by atoms with Gasteiger partial charge in [0.2, 0.25) is 0 Å². The first kappa shape index (κ1) is 19.6. The minimum Gasteiger partial charge on any atom is -0.448 e. The monoisotopic (exact) mass is 389 g/mol. The third-order valence-electron chi connectivity index (χ3n) is 5.30. The number of carbonyl (C=O) groups excluding carboxylic acids is 2. The third kappa shape index (κ3) is 4.08. The fourth-order valence-electron chi connectivity index (χ4n) is 3.72. The second kappa shape index (κ2) is 7.84. The van der Waals surface area contributed by atoms with E-state index in [0.29, 0.717) is 21.3 Å². The molecule has 27 heavy (non-hydrogen) atoms. The van der Waals surface area contributed by atoms with Gasteiger partial charge in [-0.25, -0.2) is 9.78 Å². The van der Waals surface area contributed by atoms with Gasteiger partial charge < -0.3 is 15.8 Å². The first-order valence-electron chi connectivity index (χ1n) is 9.45. The lowest BCUT2D eigenvalue weighted by Crippen LogP contribution is -2.45. The summed E-state index contributed by atoms with van der Waals surface area (Å²) in [6, 6.07) is 2.08. The molecule has 0 aromatic carbocycles. The number of anilines is 1. The number of fused-ring (bicyclic) bond motifs is 1. The van der Waals surface area contributed by atoms with Crippen LogP contribution in [0.15, 0.2) is 6.07 Å². The lowest BCUT2D eigenvalue weighted by molar-refractivity contribution is -0.130. The zero-order chi connectivity index (χ0) is 19.7. The Morgan fingerprint density at radius 3 is 2.74 bits per heavy atom.